The fraction of sp³-hybridized carbons (Fsp3) is 0.524. The number of guanidine groups is 1. The molecule has 0 radical (unpaired) electrons. The summed E-state index contributed by atoms with van der Waals surface area (Å²) in [7, 11) is 1.96. The number of aryl methyl sites for hydroxylation is 2. The van der Waals surface area contributed by atoms with Crippen molar-refractivity contribution < 1.29 is 14.2 Å². The van der Waals surface area contributed by atoms with Crippen molar-refractivity contribution in [3.05, 3.63) is 35.2 Å². The molecule has 2 aliphatic heterocycles. The summed E-state index contributed by atoms with van der Waals surface area (Å²) < 4.78 is 19.3. The molecule has 8 nitrogen and oxygen atoms in total. The number of nitrogens with one attached hydrogen (secondary N) is 1. The number of anilines is 1. The Morgan fingerprint density at radius 2 is 2.03 bits per heavy atom. The SMILES string of the molecule is Cc1nn(C)c(C)c1[C@@H]1OCC[C@H]1CN=C(N)Nc1ccc2c(c1)OCCCO2. The maximum atomic E-state index is 6.15. The maximum absolute atomic E-state index is 6.15. The number of nitrogens with zero attached hydrogens (tertiary/aromatic N) is 3. The lowest BCUT2D eigenvalue weighted by molar-refractivity contribution is 0.0915. The molecular formula is C21H29N5O3. The van der Waals surface area contributed by atoms with Gasteiger partial charge in [-0.15, -0.1) is 0 Å². The van der Waals surface area contributed by atoms with E-state index in [2.05, 4.69) is 22.3 Å². The number of aromatic nitrogens is 2. The van der Waals surface area contributed by atoms with E-state index in [-0.39, 0.29) is 12.0 Å². The van der Waals surface area contributed by atoms with Crippen LogP contribution in [0.2, 0.25) is 0 Å². The molecule has 156 valence electrons. The average molecular weight is 399 g/mol. The van der Waals surface area contributed by atoms with Crippen LogP contribution < -0.4 is 20.5 Å². The predicted octanol–water partition coefficient (Wildman–Crippen LogP) is 2.70. The van der Waals surface area contributed by atoms with Crippen LogP contribution in [-0.2, 0) is 11.8 Å². The zero-order valence-corrected chi connectivity index (χ0v) is 17.3. The number of rotatable bonds is 4. The highest BCUT2D eigenvalue weighted by atomic mass is 16.5. The molecule has 3 N–H and O–H groups in total. The summed E-state index contributed by atoms with van der Waals surface area (Å²) in [6.45, 7) is 6.76. The Balaban J connectivity index is 1.42. The van der Waals surface area contributed by atoms with Crippen LogP contribution in [0.3, 0.4) is 0 Å². The lowest BCUT2D eigenvalue weighted by Gasteiger charge is -2.18. The van der Waals surface area contributed by atoms with Crippen molar-refractivity contribution in [2.45, 2.75) is 32.8 Å². The number of aliphatic imine (C=N–C) groups is 1. The fourth-order valence-corrected chi connectivity index (χ4v) is 3.99. The smallest absolute Gasteiger partial charge is 0.193 e. The second-order valence-electron chi connectivity index (χ2n) is 7.61. The first-order valence-corrected chi connectivity index (χ1v) is 10.1. The Hall–Kier alpha value is -2.74. The van der Waals surface area contributed by atoms with Gasteiger partial charge in [0.15, 0.2) is 17.5 Å². The Labute approximate surface area is 171 Å². The van der Waals surface area contributed by atoms with Gasteiger partial charge in [0.1, 0.15) is 0 Å². The van der Waals surface area contributed by atoms with E-state index >= 15 is 0 Å². The van der Waals surface area contributed by atoms with Crippen LogP contribution in [0.25, 0.3) is 0 Å². The number of hydrogen-bond acceptors (Lipinski definition) is 5. The van der Waals surface area contributed by atoms with Gasteiger partial charge in [0.05, 0.1) is 25.0 Å². The highest BCUT2D eigenvalue weighted by Crippen LogP contribution is 2.38. The summed E-state index contributed by atoms with van der Waals surface area (Å²) in [5.74, 6) is 2.15. The Morgan fingerprint density at radius 1 is 1.24 bits per heavy atom. The first kappa shape index (κ1) is 19.6. The molecule has 2 aromatic rings. The van der Waals surface area contributed by atoms with E-state index in [1.54, 1.807) is 0 Å². The van der Waals surface area contributed by atoms with Crippen LogP contribution in [0.15, 0.2) is 23.2 Å². The van der Waals surface area contributed by atoms with Crippen molar-refractivity contribution in [2.24, 2.45) is 23.7 Å². The van der Waals surface area contributed by atoms with E-state index in [1.165, 1.54) is 5.56 Å². The van der Waals surface area contributed by atoms with Gasteiger partial charge in [-0.2, -0.15) is 5.10 Å². The van der Waals surface area contributed by atoms with E-state index in [0.717, 1.165) is 48.0 Å². The van der Waals surface area contributed by atoms with Gasteiger partial charge in [0.25, 0.3) is 0 Å². The quantitative estimate of drug-likeness (QED) is 0.606. The summed E-state index contributed by atoms with van der Waals surface area (Å²) in [6.07, 6.45) is 1.85. The van der Waals surface area contributed by atoms with Crippen molar-refractivity contribution in [2.75, 3.05) is 31.7 Å². The van der Waals surface area contributed by atoms with Crippen LogP contribution in [-0.4, -0.2) is 42.1 Å². The normalized spacial score (nSPS) is 21.8. The molecule has 1 aromatic heterocycles. The first-order chi connectivity index (χ1) is 14.0. The first-order valence-electron chi connectivity index (χ1n) is 10.1. The lowest BCUT2D eigenvalue weighted by Crippen LogP contribution is -2.24. The molecule has 1 fully saturated rings. The van der Waals surface area contributed by atoms with Crippen LogP contribution in [0.5, 0.6) is 11.5 Å². The van der Waals surface area contributed by atoms with Crippen molar-refractivity contribution in [3.63, 3.8) is 0 Å². The predicted molar refractivity (Wildman–Crippen MR) is 112 cm³/mol. The molecule has 1 saturated heterocycles. The third kappa shape index (κ3) is 4.17. The van der Waals surface area contributed by atoms with Crippen LogP contribution in [0.1, 0.15) is 35.9 Å². The molecule has 0 aliphatic carbocycles. The average Bonchev–Trinajstić information content (AvgIpc) is 3.14. The van der Waals surface area contributed by atoms with Crippen LogP contribution >= 0.6 is 0 Å². The van der Waals surface area contributed by atoms with Crippen molar-refractivity contribution in [1.29, 1.82) is 0 Å². The van der Waals surface area contributed by atoms with Gasteiger partial charge >= 0.3 is 0 Å². The number of benzene rings is 1. The highest BCUT2D eigenvalue weighted by Gasteiger charge is 2.33. The summed E-state index contributed by atoms with van der Waals surface area (Å²) in [5, 5.41) is 7.68. The molecule has 2 atom stereocenters. The molecule has 0 spiro atoms. The second kappa shape index (κ2) is 8.32. The van der Waals surface area contributed by atoms with E-state index in [9.17, 15) is 0 Å². The van der Waals surface area contributed by atoms with E-state index in [0.29, 0.717) is 25.7 Å². The minimum atomic E-state index is 0.0123. The second-order valence-corrected chi connectivity index (χ2v) is 7.61. The Kier molecular flexibility index (Phi) is 5.62. The minimum Gasteiger partial charge on any atom is -0.490 e. The lowest BCUT2D eigenvalue weighted by atomic mass is 9.94. The highest BCUT2D eigenvalue weighted by molar-refractivity contribution is 5.92. The van der Waals surface area contributed by atoms with Gasteiger partial charge in [-0.3, -0.25) is 9.67 Å². The summed E-state index contributed by atoms with van der Waals surface area (Å²) in [4.78, 5) is 4.58. The molecular weight excluding hydrogens is 370 g/mol. The standard InChI is InChI=1S/C21H29N5O3/c1-13-19(14(2)26(3)25-13)20-15(7-10-29-20)12-23-21(22)24-16-5-6-17-18(11-16)28-9-4-8-27-17/h5-6,11,15,20H,4,7-10,12H2,1-3H3,(H3,22,23,24)/t15-,20+/m0/s1. The number of hydrogen-bond donors (Lipinski definition) is 2. The topological polar surface area (TPSA) is 95.9 Å². The number of ether oxygens (including phenoxy) is 3. The van der Waals surface area contributed by atoms with Gasteiger partial charge in [-0.25, -0.2) is 0 Å². The Bertz CT molecular complexity index is 908. The van der Waals surface area contributed by atoms with Gasteiger partial charge in [-0.05, 0) is 32.4 Å². The summed E-state index contributed by atoms with van der Waals surface area (Å²) in [6, 6.07) is 5.71. The van der Waals surface area contributed by atoms with Gasteiger partial charge in [-0.1, -0.05) is 0 Å². The molecule has 4 rings (SSSR count). The van der Waals surface area contributed by atoms with Gasteiger partial charge in [0.2, 0.25) is 0 Å². The summed E-state index contributed by atoms with van der Waals surface area (Å²) in [5.41, 5.74) is 10.3. The molecule has 0 amide bonds. The number of nitrogens with two attached hydrogens (primary N) is 1. The van der Waals surface area contributed by atoms with E-state index in [1.807, 2.05) is 36.9 Å². The van der Waals surface area contributed by atoms with Crippen molar-refractivity contribution in [1.82, 2.24) is 9.78 Å². The molecule has 29 heavy (non-hydrogen) atoms. The number of fused-ring (bicyclic) bond motifs is 1. The third-order valence-electron chi connectivity index (χ3n) is 5.58. The fourth-order valence-electron chi connectivity index (χ4n) is 3.99. The molecule has 2 aliphatic rings. The minimum absolute atomic E-state index is 0.0123. The van der Waals surface area contributed by atoms with Gasteiger partial charge in [0, 0.05) is 55.5 Å². The molecule has 8 heteroatoms. The molecule has 0 bridgehead atoms. The maximum Gasteiger partial charge on any atom is 0.193 e. The molecule has 0 unspecified atom stereocenters. The summed E-state index contributed by atoms with van der Waals surface area (Å²) >= 11 is 0. The van der Waals surface area contributed by atoms with Gasteiger partial charge < -0.3 is 25.3 Å². The van der Waals surface area contributed by atoms with Crippen molar-refractivity contribution >= 4 is 11.6 Å². The van der Waals surface area contributed by atoms with Crippen molar-refractivity contribution in [3.8, 4) is 11.5 Å². The third-order valence-corrected chi connectivity index (χ3v) is 5.58. The zero-order valence-electron chi connectivity index (χ0n) is 17.3. The van der Waals surface area contributed by atoms with Crippen LogP contribution in [0, 0.1) is 19.8 Å². The monoisotopic (exact) mass is 399 g/mol. The molecule has 0 saturated carbocycles. The zero-order chi connectivity index (χ0) is 20.4. The van der Waals surface area contributed by atoms with Crippen LogP contribution in [0.4, 0.5) is 5.69 Å². The van der Waals surface area contributed by atoms with E-state index in [4.69, 9.17) is 19.9 Å². The van der Waals surface area contributed by atoms with E-state index < -0.39 is 0 Å². The molecule has 1 aromatic carbocycles. The Morgan fingerprint density at radius 3 is 2.79 bits per heavy atom. The largest absolute Gasteiger partial charge is 0.490 e. The molecule has 3 heterocycles.